The number of nitrogens with zero attached hydrogens (tertiary/aromatic N) is 1. The largest absolute Gasteiger partial charge is 0.454 e. The minimum Gasteiger partial charge on any atom is -0.454 e. The number of hydrogen-bond acceptors (Lipinski definition) is 4. The molecule has 0 spiro atoms. The molecule has 4 aromatic rings. The number of hydrogen-bond donors (Lipinski definition) is 1. The monoisotopic (exact) mass is 452 g/mol. The molecule has 5 heteroatoms. The highest BCUT2D eigenvalue weighted by molar-refractivity contribution is 6.07. The summed E-state index contributed by atoms with van der Waals surface area (Å²) in [5.74, 6) is 1.77. The lowest BCUT2D eigenvalue weighted by atomic mass is 9.97. The summed E-state index contributed by atoms with van der Waals surface area (Å²) in [5.41, 5.74) is 5.37. The number of carbonyl (C=O) groups is 1. The summed E-state index contributed by atoms with van der Waals surface area (Å²) in [6.45, 7) is 6.67. The quantitative estimate of drug-likeness (QED) is 0.356. The van der Waals surface area contributed by atoms with Gasteiger partial charge in [-0.3, -0.25) is 4.79 Å². The zero-order chi connectivity index (χ0) is 23.7. The number of carbonyl (C=O) groups excluding carboxylic acids is 1. The molecule has 1 N–H and O–H groups in total. The number of nitrogens with one attached hydrogen (secondary N) is 1. The van der Waals surface area contributed by atoms with Gasteiger partial charge in [0.25, 0.3) is 5.91 Å². The molecule has 3 aromatic carbocycles. The number of pyridine rings is 1. The zero-order valence-corrected chi connectivity index (χ0v) is 19.7. The Morgan fingerprint density at radius 1 is 0.941 bits per heavy atom. The first-order chi connectivity index (χ1) is 16.5. The Balaban J connectivity index is 1.50. The summed E-state index contributed by atoms with van der Waals surface area (Å²) < 4.78 is 11.0. The van der Waals surface area contributed by atoms with Crippen molar-refractivity contribution in [3.05, 3.63) is 89.5 Å². The van der Waals surface area contributed by atoms with E-state index in [4.69, 9.17) is 14.5 Å². The zero-order valence-electron chi connectivity index (χ0n) is 19.7. The van der Waals surface area contributed by atoms with Crippen LogP contribution in [0.1, 0.15) is 60.6 Å². The number of fused-ring (bicyclic) bond motifs is 2. The van der Waals surface area contributed by atoms with Gasteiger partial charge in [0.2, 0.25) is 6.79 Å². The Hall–Kier alpha value is -3.86. The number of rotatable bonds is 6. The third-order valence-electron chi connectivity index (χ3n) is 6.35. The molecule has 172 valence electrons. The Kier molecular flexibility index (Phi) is 5.93. The number of aromatic nitrogens is 1. The van der Waals surface area contributed by atoms with E-state index in [0.717, 1.165) is 39.9 Å². The van der Waals surface area contributed by atoms with E-state index in [-0.39, 0.29) is 18.7 Å². The van der Waals surface area contributed by atoms with Crippen LogP contribution in [0.25, 0.3) is 22.2 Å². The molecule has 1 atom stereocenters. The standard InChI is InChI=1S/C29H28N2O3/c1-4-24(20-11-9-19(10-12-20)18(2)3)31-29(32)23-16-26(30-25-8-6-5-7-22(23)25)21-13-14-27-28(15-21)34-17-33-27/h5-16,18,24H,4,17H2,1-3H3,(H,31,32)/t24-/m1/s1. The molecule has 0 unspecified atom stereocenters. The van der Waals surface area contributed by atoms with Crippen molar-refractivity contribution in [1.29, 1.82) is 0 Å². The fraction of sp³-hybridized carbons (Fsp3) is 0.241. The van der Waals surface area contributed by atoms with Gasteiger partial charge in [0.05, 0.1) is 22.8 Å². The maximum Gasteiger partial charge on any atom is 0.252 e. The van der Waals surface area contributed by atoms with Gasteiger partial charge in [-0.25, -0.2) is 4.98 Å². The average molecular weight is 453 g/mol. The third kappa shape index (κ3) is 4.21. The van der Waals surface area contributed by atoms with E-state index in [9.17, 15) is 4.79 Å². The SMILES string of the molecule is CC[C@@H](NC(=O)c1cc(-c2ccc3c(c2)OCO3)nc2ccccc12)c1ccc(C(C)C)cc1. The molecule has 5 nitrogen and oxygen atoms in total. The van der Waals surface area contributed by atoms with Gasteiger partial charge in [-0.15, -0.1) is 0 Å². The lowest BCUT2D eigenvalue weighted by molar-refractivity contribution is 0.0937. The van der Waals surface area contributed by atoms with Crippen LogP contribution in [-0.4, -0.2) is 17.7 Å². The van der Waals surface area contributed by atoms with E-state index in [1.807, 2.05) is 48.5 Å². The van der Waals surface area contributed by atoms with Crippen LogP contribution in [0.2, 0.25) is 0 Å². The van der Waals surface area contributed by atoms with Crippen LogP contribution < -0.4 is 14.8 Å². The second kappa shape index (κ2) is 9.18. The maximum atomic E-state index is 13.6. The van der Waals surface area contributed by atoms with E-state index < -0.39 is 0 Å². The van der Waals surface area contributed by atoms with Crippen LogP contribution >= 0.6 is 0 Å². The number of para-hydroxylation sites is 1. The highest BCUT2D eigenvalue weighted by Crippen LogP contribution is 2.36. The molecule has 0 aliphatic carbocycles. The predicted molar refractivity (Wildman–Crippen MR) is 134 cm³/mol. The average Bonchev–Trinajstić information content (AvgIpc) is 3.34. The summed E-state index contributed by atoms with van der Waals surface area (Å²) >= 11 is 0. The molecule has 0 bridgehead atoms. The van der Waals surface area contributed by atoms with Crippen LogP contribution in [0, 0.1) is 0 Å². The van der Waals surface area contributed by atoms with Crippen molar-refractivity contribution in [3.63, 3.8) is 0 Å². The summed E-state index contributed by atoms with van der Waals surface area (Å²) in [5, 5.41) is 4.08. The fourth-order valence-corrected chi connectivity index (χ4v) is 4.34. The van der Waals surface area contributed by atoms with Gasteiger partial charge in [-0.2, -0.15) is 0 Å². The normalized spacial score (nSPS) is 13.3. The van der Waals surface area contributed by atoms with Gasteiger partial charge in [-0.05, 0) is 53.8 Å². The molecule has 1 amide bonds. The number of ether oxygens (including phenoxy) is 2. The first-order valence-electron chi connectivity index (χ1n) is 11.7. The van der Waals surface area contributed by atoms with E-state index in [0.29, 0.717) is 17.2 Å². The molecular weight excluding hydrogens is 424 g/mol. The molecule has 5 rings (SSSR count). The third-order valence-corrected chi connectivity index (χ3v) is 6.35. The molecule has 34 heavy (non-hydrogen) atoms. The smallest absolute Gasteiger partial charge is 0.252 e. The van der Waals surface area contributed by atoms with E-state index in [1.54, 1.807) is 0 Å². The second-order valence-corrected chi connectivity index (χ2v) is 8.90. The van der Waals surface area contributed by atoms with Crippen LogP contribution in [0.4, 0.5) is 0 Å². The van der Waals surface area contributed by atoms with Crippen LogP contribution in [-0.2, 0) is 0 Å². The van der Waals surface area contributed by atoms with Crippen LogP contribution in [0.3, 0.4) is 0 Å². The molecular formula is C29H28N2O3. The summed E-state index contributed by atoms with van der Waals surface area (Å²) in [7, 11) is 0. The summed E-state index contributed by atoms with van der Waals surface area (Å²) in [6.07, 6.45) is 0.796. The van der Waals surface area contributed by atoms with E-state index in [2.05, 4.69) is 50.4 Å². The summed E-state index contributed by atoms with van der Waals surface area (Å²) in [6, 6.07) is 23.8. The van der Waals surface area contributed by atoms with Crippen molar-refractivity contribution in [2.75, 3.05) is 6.79 Å². The highest BCUT2D eigenvalue weighted by atomic mass is 16.7. The minimum atomic E-state index is -0.111. The van der Waals surface area contributed by atoms with Gasteiger partial charge in [0.1, 0.15) is 0 Å². The Labute approximate surface area is 199 Å². The molecule has 1 aliphatic rings. The van der Waals surface area contributed by atoms with Crippen molar-refractivity contribution in [2.24, 2.45) is 0 Å². The topological polar surface area (TPSA) is 60.5 Å². The van der Waals surface area contributed by atoms with Crippen LogP contribution in [0.15, 0.2) is 72.8 Å². The van der Waals surface area contributed by atoms with Gasteiger partial charge < -0.3 is 14.8 Å². The van der Waals surface area contributed by atoms with Gasteiger partial charge in [0.15, 0.2) is 11.5 Å². The lowest BCUT2D eigenvalue weighted by Gasteiger charge is -2.19. The Bertz CT molecular complexity index is 1350. The molecule has 0 saturated heterocycles. The minimum absolute atomic E-state index is 0.0744. The lowest BCUT2D eigenvalue weighted by Crippen LogP contribution is -2.28. The fourth-order valence-electron chi connectivity index (χ4n) is 4.34. The number of amides is 1. The highest BCUT2D eigenvalue weighted by Gasteiger charge is 2.20. The van der Waals surface area contributed by atoms with Crippen molar-refractivity contribution < 1.29 is 14.3 Å². The second-order valence-electron chi connectivity index (χ2n) is 8.90. The molecule has 1 aliphatic heterocycles. The molecule has 1 aromatic heterocycles. The predicted octanol–water partition coefficient (Wildman–Crippen LogP) is 6.64. The van der Waals surface area contributed by atoms with Crippen molar-refractivity contribution in [1.82, 2.24) is 10.3 Å². The van der Waals surface area contributed by atoms with Crippen molar-refractivity contribution in [2.45, 2.75) is 39.2 Å². The van der Waals surface area contributed by atoms with Crippen molar-refractivity contribution in [3.8, 4) is 22.8 Å². The van der Waals surface area contributed by atoms with Gasteiger partial charge >= 0.3 is 0 Å². The number of benzene rings is 3. The van der Waals surface area contributed by atoms with Gasteiger partial charge in [-0.1, -0.05) is 63.2 Å². The van der Waals surface area contributed by atoms with E-state index >= 15 is 0 Å². The summed E-state index contributed by atoms with van der Waals surface area (Å²) in [4.78, 5) is 18.4. The Morgan fingerprint density at radius 3 is 2.44 bits per heavy atom. The first-order valence-corrected chi connectivity index (χ1v) is 11.7. The maximum absolute atomic E-state index is 13.6. The molecule has 0 saturated carbocycles. The van der Waals surface area contributed by atoms with Crippen molar-refractivity contribution >= 4 is 16.8 Å². The molecule has 2 heterocycles. The van der Waals surface area contributed by atoms with Crippen LogP contribution in [0.5, 0.6) is 11.5 Å². The first kappa shape index (κ1) is 22.0. The molecule has 0 radical (unpaired) electrons. The Morgan fingerprint density at radius 2 is 1.68 bits per heavy atom. The van der Waals surface area contributed by atoms with Gasteiger partial charge in [0, 0.05) is 10.9 Å². The van der Waals surface area contributed by atoms with E-state index in [1.165, 1.54) is 5.56 Å². The molecule has 0 fully saturated rings.